The van der Waals surface area contributed by atoms with E-state index in [0.717, 1.165) is 0 Å². The minimum Gasteiger partial charge on any atom is -0.346 e. The van der Waals surface area contributed by atoms with Crippen LogP contribution in [0.25, 0.3) is 10.8 Å². The highest BCUT2D eigenvalue weighted by Crippen LogP contribution is 2.35. The molecular weight excluding hydrogens is 198 g/mol. The van der Waals surface area contributed by atoms with Gasteiger partial charge in [0.25, 0.3) is 0 Å². The molecular formula is C14H13NO. The van der Waals surface area contributed by atoms with E-state index < -0.39 is 0 Å². The van der Waals surface area contributed by atoms with Gasteiger partial charge in [-0.15, -0.1) is 0 Å². The highest BCUT2D eigenvalue weighted by Gasteiger charge is 2.40. The first-order valence-corrected chi connectivity index (χ1v) is 5.48. The van der Waals surface area contributed by atoms with E-state index in [1.807, 2.05) is 18.2 Å². The van der Waals surface area contributed by atoms with E-state index in [0.29, 0.717) is 6.42 Å². The molecule has 1 unspecified atom stereocenters. The molecule has 1 saturated heterocycles. The van der Waals surface area contributed by atoms with Crippen LogP contribution >= 0.6 is 0 Å². The van der Waals surface area contributed by atoms with Crippen LogP contribution in [0.1, 0.15) is 18.9 Å². The van der Waals surface area contributed by atoms with Crippen LogP contribution in [0, 0.1) is 0 Å². The van der Waals surface area contributed by atoms with Gasteiger partial charge in [-0.3, -0.25) is 4.79 Å². The van der Waals surface area contributed by atoms with Crippen molar-refractivity contribution in [2.45, 2.75) is 18.9 Å². The first-order valence-electron chi connectivity index (χ1n) is 5.48. The number of hydrogen-bond donors (Lipinski definition) is 1. The lowest BCUT2D eigenvalue weighted by Crippen LogP contribution is -2.56. The molecule has 2 nitrogen and oxygen atoms in total. The topological polar surface area (TPSA) is 29.1 Å². The maximum absolute atomic E-state index is 11.1. The maximum atomic E-state index is 11.1. The van der Waals surface area contributed by atoms with Gasteiger partial charge in [-0.2, -0.15) is 0 Å². The number of rotatable bonds is 1. The van der Waals surface area contributed by atoms with Gasteiger partial charge in [-0.25, -0.2) is 0 Å². The molecule has 0 spiro atoms. The van der Waals surface area contributed by atoms with E-state index in [4.69, 9.17) is 0 Å². The molecule has 80 valence electrons. The third-order valence-corrected chi connectivity index (χ3v) is 3.31. The fourth-order valence-electron chi connectivity index (χ4n) is 2.48. The third-order valence-electron chi connectivity index (χ3n) is 3.31. The second-order valence-corrected chi connectivity index (χ2v) is 4.58. The number of amides is 1. The summed E-state index contributed by atoms with van der Waals surface area (Å²) in [6, 6.07) is 14.5. The van der Waals surface area contributed by atoms with Crippen LogP contribution in [0.5, 0.6) is 0 Å². The van der Waals surface area contributed by atoms with Gasteiger partial charge in [0.15, 0.2) is 0 Å². The summed E-state index contributed by atoms with van der Waals surface area (Å²) in [5.41, 5.74) is 1.03. The van der Waals surface area contributed by atoms with Crippen molar-refractivity contribution in [1.29, 1.82) is 0 Å². The van der Waals surface area contributed by atoms with Gasteiger partial charge < -0.3 is 5.32 Å². The predicted molar refractivity (Wildman–Crippen MR) is 64.1 cm³/mol. The molecule has 0 saturated carbocycles. The lowest BCUT2D eigenvalue weighted by Gasteiger charge is -2.40. The highest BCUT2D eigenvalue weighted by molar-refractivity contribution is 5.91. The van der Waals surface area contributed by atoms with Crippen molar-refractivity contribution in [3.8, 4) is 0 Å². The minimum absolute atomic E-state index is 0.135. The first kappa shape index (κ1) is 9.40. The first-order chi connectivity index (χ1) is 7.69. The number of carbonyl (C=O) groups excluding carboxylic acids is 1. The molecule has 1 atom stereocenters. The molecule has 2 heteroatoms. The summed E-state index contributed by atoms with van der Waals surface area (Å²) in [6.07, 6.45) is 0.584. The number of carbonyl (C=O) groups is 1. The van der Waals surface area contributed by atoms with E-state index in [2.05, 4.69) is 36.5 Å². The van der Waals surface area contributed by atoms with Crippen LogP contribution in [0.4, 0.5) is 0 Å². The third kappa shape index (κ3) is 1.23. The molecule has 1 amide bonds. The van der Waals surface area contributed by atoms with Crippen LogP contribution in [0.2, 0.25) is 0 Å². The van der Waals surface area contributed by atoms with Crippen molar-refractivity contribution in [3.63, 3.8) is 0 Å². The Balaban J connectivity index is 2.20. The predicted octanol–water partition coefficient (Wildman–Crippen LogP) is 2.57. The van der Waals surface area contributed by atoms with E-state index in [1.54, 1.807) is 0 Å². The summed E-state index contributed by atoms with van der Waals surface area (Å²) >= 11 is 0. The van der Waals surface area contributed by atoms with E-state index in [9.17, 15) is 4.79 Å². The number of benzene rings is 2. The van der Waals surface area contributed by atoms with Crippen LogP contribution < -0.4 is 5.32 Å². The standard InChI is InChI=1S/C14H13NO/c1-14(9-13(16)15-14)12-8-4-6-10-5-2-3-7-11(10)12/h2-8H,9H2,1H3,(H,15,16). The van der Waals surface area contributed by atoms with Gasteiger partial charge in [-0.1, -0.05) is 42.5 Å². The molecule has 1 N–H and O–H groups in total. The van der Waals surface area contributed by atoms with Crippen molar-refractivity contribution in [3.05, 3.63) is 48.0 Å². The van der Waals surface area contributed by atoms with Crippen molar-refractivity contribution in [2.24, 2.45) is 0 Å². The average Bonchev–Trinajstić information content (AvgIpc) is 2.26. The Hall–Kier alpha value is -1.83. The Kier molecular flexibility index (Phi) is 1.81. The van der Waals surface area contributed by atoms with Gasteiger partial charge in [0.1, 0.15) is 0 Å². The normalized spacial score (nSPS) is 23.9. The Morgan fingerprint density at radius 3 is 2.56 bits per heavy atom. The molecule has 16 heavy (non-hydrogen) atoms. The monoisotopic (exact) mass is 211 g/mol. The summed E-state index contributed by atoms with van der Waals surface area (Å²) < 4.78 is 0. The van der Waals surface area contributed by atoms with Crippen LogP contribution in [-0.2, 0) is 10.3 Å². The number of nitrogens with one attached hydrogen (secondary N) is 1. The lowest BCUT2D eigenvalue weighted by atomic mass is 9.80. The molecule has 2 aromatic rings. The SMILES string of the molecule is CC1(c2cccc3ccccc23)CC(=O)N1. The van der Waals surface area contributed by atoms with E-state index >= 15 is 0 Å². The smallest absolute Gasteiger partial charge is 0.223 e. The van der Waals surface area contributed by atoms with Gasteiger partial charge >= 0.3 is 0 Å². The average molecular weight is 211 g/mol. The Morgan fingerprint density at radius 2 is 1.81 bits per heavy atom. The maximum Gasteiger partial charge on any atom is 0.223 e. The van der Waals surface area contributed by atoms with Crippen molar-refractivity contribution >= 4 is 16.7 Å². The molecule has 1 fully saturated rings. The zero-order chi connectivity index (χ0) is 11.2. The van der Waals surface area contributed by atoms with E-state index in [-0.39, 0.29) is 11.4 Å². The minimum atomic E-state index is -0.183. The van der Waals surface area contributed by atoms with Crippen molar-refractivity contribution in [2.75, 3.05) is 0 Å². The molecule has 2 aromatic carbocycles. The molecule has 0 bridgehead atoms. The summed E-state index contributed by atoms with van der Waals surface area (Å²) in [6.45, 7) is 2.08. The molecule has 0 radical (unpaired) electrons. The van der Waals surface area contributed by atoms with E-state index in [1.165, 1.54) is 16.3 Å². The number of hydrogen-bond acceptors (Lipinski definition) is 1. The fourth-order valence-corrected chi connectivity index (χ4v) is 2.48. The lowest BCUT2D eigenvalue weighted by molar-refractivity contribution is -0.132. The van der Waals surface area contributed by atoms with Crippen molar-refractivity contribution < 1.29 is 4.79 Å². The molecule has 0 aliphatic carbocycles. The second kappa shape index (κ2) is 3.08. The zero-order valence-corrected chi connectivity index (χ0v) is 9.16. The summed E-state index contributed by atoms with van der Waals surface area (Å²) in [5, 5.41) is 5.44. The number of fused-ring (bicyclic) bond motifs is 1. The summed E-state index contributed by atoms with van der Waals surface area (Å²) in [4.78, 5) is 11.1. The van der Waals surface area contributed by atoms with Crippen LogP contribution in [0.15, 0.2) is 42.5 Å². The quantitative estimate of drug-likeness (QED) is 0.722. The second-order valence-electron chi connectivity index (χ2n) is 4.58. The van der Waals surface area contributed by atoms with Crippen LogP contribution in [0.3, 0.4) is 0 Å². The Morgan fingerprint density at radius 1 is 1.12 bits per heavy atom. The zero-order valence-electron chi connectivity index (χ0n) is 9.16. The summed E-state index contributed by atoms with van der Waals surface area (Å²) in [7, 11) is 0. The molecule has 1 heterocycles. The fraction of sp³-hybridized carbons (Fsp3) is 0.214. The Labute approximate surface area is 94.3 Å². The molecule has 3 rings (SSSR count). The number of β-lactam (4-membered cyclic amide) rings is 1. The van der Waals surface area contributed by atoms with Gasteiger partial charge in [0.2, 0.25) is 5.91 Å². The van der Waals surface area contributed by atoms with Gasteiger partial charge in [-0.05, 0) is 23.3 Å². The highest BCUT2D eigenvalue weighted by atomic mass is 16.2. The molecule has 1 aliphatic rings. The van der Waals surface area contributed by atoms with Gasteiger partial charge in [0.05, 0.1) is 12.0 Å². The van der Waals surface area contributed by atoms with Gasteiger partial charge in [0, 0.05) is 0 Å². The molecule has 1 aliphatic heterocycles. The molecule has 0 aromatic heterocycles. The largest absolute Gasteiger partial charge is 0.346 e. The Bertz CT molecular complexity index is 560. The van der Waals surface area contributed by atoms with Crippen molar-refractivity contribution in [1.82, 2.24) is 5.32 Å². The summed E-state index contributed by atoms with van der Waals surface area (Å²) in [5.74, 6) is 0.135. The van der Waals surface area contributed by atoms with Crippen LogP contribution in [-0.4, -0.2) is 5.91 Å².